The summed E-state index contributed by atoms with van der Waals surface area (Å²) in [7, 11) is 0. The van der Waals surface area contributed by atoms with Crippen molar-refractivity contribution in [3.8, 4) is 5.88 Å². The molecular formula is C9H9N3O. The maximum absolute atomic E-state index is 9.32. The lowest BCUT2D eigenvalue weighted by Crippen LogP contribution is -1.92. The standard InChI is InChI=1S/C9H9N3O/c13-8-5-10-9-11-7(6-1-2-6)3-4-12(8)9/h3-6,13H,1-2H2. The lowest BCUT2D eigenvalue weighted by Gasteiger charge is -1.97. The number of fused-ring (bicyclic) bond motifs is 1. The largest absolute Gasteiger partial charge is 0.493 e. The molecule has 0 saturated heterocycles. The number of nitrogens with zero attached hydrogens (tertiary/aromatic N) is 3. The molecule has 3 rings (SSSR count). The van der Waals surface area contributed by atoms with Crippen molar-refractivity contribution in [1.29, 1.82) is 0 Å². The molecule has 66 valence electrons. The van der Waals surface area contributed by atoms with E-state index >= 15 is 0 Å². The monoisotopic (exact) mass is 175 g/mol. The number of aromatic hydroxyl groups is 1. The first-order chi connectivity index (χ1) is 6.34. The number of aromatic nitrogens is 3. The third-order valence-corrected chi connectivity index (χ3v) is 2.38. The van der Waals surface area contributed by atoms with Crippen LogP contribution in [-0.4, -0.2) is 19.5 Å². The number of hydrogen-bond acceptors (Lipinski definition) is 3. The van der Waals surface area contributed by atoms with Crippen molar-refractivity contribution in [2.75, 3.05) is 0 Å². The molecule has 0 amide bonds. The fourth-order valence-electron chi connectivity index (χ4n) is 1.48. The summed E-state index contributed by atoms with van der Waals surface area (Å²) in [5.74, 6) is 1.36. The Morgan fingerprint density at radius 1 is 1.46 bits per heavy atom. The normalized spacial score (nSPS) is 16.6. The minimum absolute atomic E-state index is 0.143. The Labute approximate surface area is 74.9 Å². The summed E-state index contributed by atoms with van der Waals surface area (Å²) in [6, 6.07) is 1.95. The summed E-state index contributed by atoms with van der Waals surface area (Å²) >= 11 is 0. The smallest absolute Gasteiger partial charge is 0.236 e. The molecule has 1 aliphatic rings. The van der Waals surface area contributed by atoms with Crippen LogP contribution in [0.3, 0.4) is 0 Å². The summed E-state index contributed by atoms with van der Waals surface area (Å²) in [6.07, 6.45) is 5.70. The highest BCUT2D eigenvalue weighted by molar-refractivity contribution is 5.35. The number of imidazole rings is 1. The van der Waals surface area contributed by atoms with Crippen molar-refractivity contribution in [2.45, 2.75) is 18.8 Å². The van der Waals surface area contributed by atoms with E-state index < -0.39 is 0 Å². The van der Waals surface area contributed by atoms with Gasteiger partial charge in [-0.25, -0.2) is 9.97 Å². The van der Waals surface area contributed by atoms with Gasteiger partial charge >= 0.3 is 0 Å². The molecule has 2 aromatic heterocycles. The van der Waals surface area contributed by atoms with Gasteiger partial charge in [0.1, 0.15) is 0 Å². The third kappa shape index (κ3) is 0.983. The molecule has 2 aromatic rings. The zero-order valence-electron chi connectivity index (χ0n) is 7.01. The highest BCUT2D eigenvalue weighted by atomic mass is 16.3. The fraction of sp³-hybridized carbons (Fsp3) is 0.333. The van der Waals surface area contributed by atoms with Crippen molar-refractivity contribution in [3.63, 3.8) is 0 Å². The molecule has 4 heteroatoms. The zero-order valence-corrected chi connectivity index (χ0v) is 7.01. The van der Waals surface area contributed by atoms with Gasteiger partial charge in [-0.3, -0.25) is 4.40 Å². The van der Waals surface area contributed by atoms with Crippen LogP contribution in [-0.2, 0) is 0 Å². The molecule has 0 aliphatic heterocycles. The van der Waals surface area contributed by atoms with Crippen LogP contribution >= 0.6 is 0 Å². The van der Waals surface area contributed by atoms with E-state index in [-0.39, 0.29) is 5.88 Å². The van der Waals surface area contributed by atoms with E-state index in [0.29, 0.717) is 11.7 Å². The highest BCUT2D eigenvalue weighted by Gasteiger charge is 2.25. The lowest BCUT2D eigenvalue weighted by molar-refractivity contribution is 0.448. The van der Waals surface area contributed by atoms with Crippen LogP contribution in [0.1, 0.15) is 24.5 Å². The van der Waals surface area contributed by atoms with E-state index in [1.54, 1.807) is 4.40 Å². The summed E-state index contributed by atoms with van der Waals surface area (Å²) < 4.78 is 1.58. The van der Waals surface area contributed by atoms with E-state index in [1.165, 1.54) is 19.0 Å². The first-order valence-corrected chi connectivity index (χ1v) is 4.37. The Hall–Kier alpha value is -1.58. The minimum atomic E-state index is 0.143. The van der Waals surface area contributed by atoms with E-state index in [0.717, 1.165) is 5.69 Å². The molecular weight excluding hydrogens is 166 g/mol. The van der Waals surface area contributed by atoms with Gasteiger partial charge in [0.25, 0.3) is 0 Å². The highest BCUT2D eigenvalue weighted by Crippen LogP contribution is 2.38. The average Bonchev–Trinajstić information content (AvgIpc) is 2.93. The fourth-order valence-corrected chi connectivity index (χ4v) is 1.48. The molecule has 4 nitrogen and oxygen atoms in total. The summed E-state index contributed by atoms with van der Waals surface area (Å²) in [6.45, 7) is 0. The molecule has 1 fully saturated rings. The molecule has 1 aliphatic carbocycles. The first kappa shape index (κ1) is 6.88. The topological polar surface area (TPSA) is 50.4 Å². The van der Waals surface area contributed by atoms with Crippen molar-refractivity contribution < 1.29 is 5.11 Å². The Balaban J connectivity index is 2.21. The van der Waals surface area contributed by atoms with E-state index in [1.807, 2.05) is 12.3 Å². The van der Waals surface area contributed by atoms with Crippen LogP contribution in [0, 0.1) is 0 Å². The van der Waals surface area contributed by atoms with Crippen LogP contribution in [0.25, 0.3) is 5.78 Å². The lowest BCUT2D eigenvalue weighted by atomic mass is 10.3. The summed E-state index contributed by atoms with van der Waals surface area (Å²) in [4.78, 5) is 8.34. The molecule has 0 bridgehead atoms. The van der Waals surface area contributed by atoms with Crippen LogP contribution in [0.4, 0.5) is 0 Å². The van der Waals surface area contributed by atoms with Gasteiger partial charge in [-0.15, -0.1) is 0 Å². The Morgan fingerprint density at radius 3 is 3.08 bits per heavy atom. The Kier molecular flexibility index (Phi) is 1.17. The number of hydrogen-bond donors (Lipinski definition) is 1. The molecule has 1 saturated carbocycles. The van der Waals surface area contributed by atoms with Crippen LogP contribution in [0.15, 0.2) is 18.5 Å². The van der Waals surface area contributed by atoms with Gasteiger partial charge in [0, 0.05) is 17.8 Å². The quantitative estimate of drug-likeness (QED) is 0.711. The Morgan fingerprint density at radius 2 is 2.31 bits per heavy atom. The Bertz CT molecular complexity index is 459. The average molecular weight is 175 g/mol. The van der Waals surface area contributed by atoms with Crippen LogP contribution in [0.2, 0.25) is 0 Å². The predicted molar refractivity (Wildman–Crippen MR) is 46.6 cm³/mol. The minimum Gasteiger partial charge on any atom is -0.493 e. The van der Waals surface area contributed by atoms with E-state index in [4.69, 9.17) is 0 Å². The molecule has 1 N–H and O–H groups in total. The van der Waals surface area contributed by atoms with Gasteiger partial charge in [-0.1, -0.05) is 0 Å². The first-order valence-electron chi connectivity index (χ1n) is 4.37. The second kappa shape index (κ2) is 2.22. The molecule has 0 atom stereocenters. The van der Waals surface area contributed by atoms with Gasteiger partial charge in [-0.05, 0) is 18.9 Å². The second-order valence-electron chi connectivity index (χ2n) is 3.41. The summed E-state index contributed by atoms with van der Waals surface area (Å²) in [5.41, 5.74) is 1.10. The summed E-state index contributed by atoms with van der Waals surface area (Å²) in [5, 5.41) is 9.32. The van der Waals surface area contributed by atoms with Crippen molar-refractivity contribution in [2.24, 2.45) is 0 Å². The van der Waals surface area contributed by atoms with Crippen molar-refractivity contribution in [1.82, 2.24) is 14.4 Å². The molecule has 13 heavy (non-hydrogen) atoms. The molecule has 0 spiro atoms. The zero-order chi connectivity index (χ0) is 8.84. The van der Waals surface area contributed by atoms with E-state index in [9.17, 15) is 5.11 Å². The van der Waals surface area contributed by atoms with Gasteiger partial charge < -0.3 is 5.11 Å². The maximum Gasteiger partial charge on any atom is 0.236 e. The molecule has 0 unspecified atom stereocenters. The van der Waals surface area contributed by atoms with Crippen LogP contribution < -0.4 is 0 Å². The van der Waals surface area contributed by atoms with Crippen LogP contribution in [0.5, 0.6) is 5.88 Å². The SMILES string of the molecule is Oc1cnc2nc(C3CC3)ccn12. The molecule has 2 heterocycles. The molecule has 0 radical (unpaired) electrons. The van der Waals surface area contributed by atoms with E-state index in [2.05, 4.69) is 9.97 Å². The van der Waals surface area contributed by atoms with Gasteiger partial charge in [0.15, 0.2) is 0 Å². The third-order valence-electron chi connectivity index (χ3n) is 2.38. The number of rotatable bonds is 1. The molecule has 0 aromatic carbocycles. The van der Waals surface area contributed by atoms with Crippen molar-refractivity contribution >= 4 is 5.78 Å². The van der Waals surface area contributed by atoms with Gasteiger partial charge in [0.05, 0.1) is 6.20 Å². The maximum atomic E-state index is 9.32. The predicted octanol–water partition coefficient (Wildman–Crippen LogP) is 1.31. The van der Waals surface area contributed by atoms with Gasteiger partial charge in [-0.2, -0.15) is 0 Å². The second-order valence-corrected chi connectivity index (χ2v) is 3.41. The van der Waals surface area contributed by atoms with Crippen molar-refractivity contribution in [3.05, 3.63) is 24.2 Å². The van der Waals surface area contributed by atoms with Gasteiger partial charge in [0.2, 0.25) is 11.7 Å².